The molecule has 1 aliphatic carbocycles. The van der Waals surface area contributed by atoms with Gasteiger partial charge >= 0.3 is 6.18 Å². The summed E-state index contributed by atoms with van der Waals surface area (Å²) in [5.74, 6) is 0.699. The second-order valence-electron chi connectivity index (χ2n) is 9.32. The van der Waals surface area contributed by atoms with E-state index in [1.807, 2.05) is 24.3 Å². The van der Waals surface area contributed by atoms with Crippen LogP contribution in [-0.4, -0.2) is 63.8 Å². The summed E-state index contributed by atoms with van der Waals surface area (Å²) in [6, 6.07) is 9.06. The van der Waals surface area contributed by atoms with Crippen molar-refractivity contribution in [1.29, 1.82) is 0 Å². The number of pyridine rings is 1. The maximum Gasteiger partial charge on any atom is 0.417 e. The highest BCUT2D eigenvalue weighted by Crippen LogP contribution is 2.43. The Kier molecular flexibility index (Phi) is 6.16. The number of piperazine rings is 1. The first kappa shape index (κ1) is 23.6. The second kappa shape index (κ2) is 9.14. The summed E-state index contributed by atoms with van der Waals surface area (Å²) in [6.45, 7) is 4.70. The molecular formula is C25H28F3N5O2. The lowest BCUT2D eigenvalue weighted by Gasteiger charge is -2.34. The van der Waals surface area contributed by atoms with Crippen molar-refractivity contribution in [2.24, 2.45) is 0 Å². The molecule has 3 heterocycles. The first-order valence-corrected chi connectivity index (χ1v) is 11.8. The van der Waals surface area contributed by atoms with Crippen LogP contribution in [0.15, 0.2) is 30.3 Å². The van der Waals surface area contributed by atoms with Gasteiger partial charge in [0.1, 0.15) is 12.3 Å². The topological polar surface area (TPSA) is 63.5 Å². The standard InChI is InChI=1S/C25H28F3N5O2/c1-16-23-20(25(26,27)28)13-21(18-6-7-18)29-24(23)33(30-16)15-22(34)32-10-8-31(9-11-32)14-17-4-3-5-19(12-17)35-2/h3-5,12-13,18H,6-11,14-15H2,1-2H3. The van der Waals surface area contributed by atoms with Crippen LogP contribution in [0.3, 0.4) is 0 Å². The molecule has 3 aromatic rings. The summed E-state index contributed by atoms with van der Waals surface area (Å²) in [4.78, 5) is 21.6. The molecule has 5 rings (SSSR count). The smallest absolute Gasteiger partial charge is 0.417 e. The summed E-state index contributed by atoms with van der Waals surface area (Å²) in [6.07, 6.45) is -2.84. The van der Waals surface area contributed by atoms with E-state index in [4.69, 9.17) is 4.74 Å². The van der Waals surface area contributed by atoms with E-state index in [1.165, 1.54) is 11.6 Å². The fourth-order valence-electron chi connectivity index (χ4n) is 4.71. The van der Waals surface area contributed by atoms with Crippen LogP contribution in [0.5, 0.6) is 5.75 Å². The lowest BCUT2D eigenvalue weighted by Crippen LogP contribution is -2.49. The lowest BCUT2D eigenvalue weighted by molar-refractivity contribution is -0.136. The van der Waals surface area contributed by atoms with E-state index < -0.39 is 11.7 Å². The van der Waals surface area contributed by atoms with Crippen LogP contribution >= 0.6 is 0 Å². The molecule has 2 aliphatic rings. The van der Waals surface area contributed by atoms with Gasteiger partial charge in [-0.1, -0.05) is 12.1 Å². The second-order valence-corrected chi connectivity index (χ2v) is 9.32. The Hall–Kier alpha value is -3.14. The quantitative estimate of drug-likeness (QED) is 0.526. The van der Waals surface area contributed by atoms with Gasteiger partial charge in [0.2, 0.25) is 5.91 Å². The van der Waals surface area contributed by atoms with E-state index >= 15 is 0 Å². The minimum absolute atomic E-state index is 0.0159. The van der Waals surface area contributed by atoms with Crippen molar-refractivity contribution in [3.63, 3.8) is 0 Å². The average Bonchev–Trinajstić information content (AvgIpc) is 3.64. The van der Waals surface area contributed by atoms with Gasteiger partial charge in [-0.2, -0.15) is 18.3 Å². The zero-order valence-corrected chi connectivity index (χ0v) is 19.8. The summed E-state index contributed by atoms with van der Waals surface area (Å²) in [5.41, 5.74) is 1.24. The number of methoxy groups -OCH3 is 1. The number of hydrogen-bond acceptors (Lipinski definition) is 5. The Morgan fingerprint density at radius 2 is 1.89 bits per heavy atom. The molecule has 7 nitrogen and oxygen atoms in total. The number of rotatable bonds is 6. The zero-order chi connectivity index (χ0) is 24.7. The number of nitrogens with zero attached hydrogens (tertiary/aromatic N) is 5. The molecule has 35 heavy (non-hydrogen) atoms. The van der Waals surface area contributed by atoms with E-state index in [0.29, 0.717) is 31.9 Å². The Morgan fingerprint density at radius 3 is 2.54 bits per heavy atom. The van der Waals surface area contributed by atoms with E-state index in [1.54, 1.807) is 12.0 Å². The molecule has 1 amide bonds. The molecule has 0 radical (unpaired) electrons. The van der Waals surface area contributed by atoms with E-state index in [2.05, 4.69) is 15.0 Å². The summed E-state index contributed by atoms with van der Waals surface area (Å²) in [5, 5.41) is 4.28. The predicted octanol–water partition coefficient (Wildman–Crippen LogP) is 3.99. The number of aryl methyl sites for hydroxylation is 1. The molecule has 10 heteroatoms. The first-order valence-electron chi connectivity index (χ1n) is 11.8. The van der Waals surface area contributed by atoms with E-state index in [0.717, 1.165) is 36.8 Å². The molecule has 2 aromatic heterocycles. The monoisotopic (exact) mass is 487 g/mol. The third-order valence-corrected chi connectivity index (χ3v) is 6.75. The van der Waals surface area contributed by atoms with Crippen molar-refractivity contribution in [3.8, 4) is 5.75 Å². The van der Waals surface area contributed by atoms with Crippen LogP contribution in [0.4, 0.5) is 13.2 Å². The van der Waals surface area contributed by atoms with Crippen molar-refractivity contribution in [1.82, 2.24) is 24.6 Å². The number of halogens is 3. The molecule has 0 atom stereocenters. The van der Waals surface area contributed by atoms with Crippen LogP contribution < -0.4 is 4.74 Å². The average molecular weight is 488 g/mol. The third-order valence-electron chi connectivity index (χ3n) is 6.75. The summed E-state index contributed by atoms with van der Waals surface area (Å²) < 4.78 is 48.1. The fourth-order valence-corrected chi connectivity index (χ4v) is 4.71. The molecule has 0 bridgehead atoms. The molecule has 1 aromatic carbocycles. The number of fused-ring (bicyclic) bond motifs is 1. The van der Waals surface area contributed by atoms with Crippen molar-refractivity contribution in [3.05, 3.63) is 52.8 Å². The highest BCUT2D eigenvalue weighted by molar-refractivity contribution is 5.85. The highest BCUT2D eigenvalue weighted by Gasteiger charge is 2.38. The molecule has 1 aliphatic heterocycles. The van der Waals surface area contributed by atoms with Gasteiger partial charge in [-0.3, -0.25) is 9.69 Å². The molecule has 0 spiro atoms. The van der Waals surface area contributed by atoms with Crippen LogP contribution in [0.2, 0.25) is 0 Å². The van der Waals surface area contributed by atoms with Gasteiger partial charge in [0.25, 0.3) is 0 Å². The number of amides is 1. The largest absolute Gasteiger partial charge is 0.497 e. The summed E-state index contributed by atoms with van der Waals surface area (Å²) >= 11 is 0. The minimum Gasteiger partial charge on any atom is -0.497 e. The van der Waals surface area contributed by atoms with Gasteiger partial charge in [0.15, 0.2) is 5.65 Å². The number of alkyl halides is 3. The van der Waals surface area contributed by atoms with Gasteiger partial charge < -0.3 is 9.64 Å². The van der Waals surface area contributed by atoms with Crippen LogP contribution in [-0.2, 0) is 24.1 Å². The van der Waals surface area contributed by atoms with Gasteiger partial charge in [0, 0.05) is 44.3 Å². The van der Waals surface area contributed by atoms with Gasteiger partial charge in [-0.05, 0) is 43.5 Å². The van der Waals surface area contributed by atoms with Crippen LogP contribution in [0.25, 0.3) is 11.0 Å². The number of aromatic nitrogens is 3. The predicted molar refractivity (Wildman–Crippen MR) is 124 cm³/mol. The SMILES string of the molecule is COc1cccc(CN2CCN(C(=O)Cn3nc(C)c4c(C(F)(F)F)cc(C5CC5)nc43)CC2)c1. The van der Waals surface area contributed by atoms with E-state index in [-0.39, 0.29) is 35.1 Å². The molecule has 186 valence electrons. The maximum absolute atomic E-state index is 13.8. The van der Waals surface area contributed by atoms with E-state index in [9.17, 15) is 18.0 Å². The van der Waals surface area contributed by atoms with Crippen LogP contribution in [0, 0.1) is 6.92 Å². The third kappa shape index (κ3) is 4.98. The van der Waals surface area contributed by atoms with Gasteiger partial charge in [0.05, 0.1) is 23.8 Å². The van der Waals surface area contributed by atoms with Crippen molar-refractivity contribution < 1.29 is 22.7 Å². The van der Waals surface area contributed by atoms with Crippen molar-refractivity contribution in [2.75, 3.05) is 33.3 Å². The molecular weight excluding hydrogens is 459 g/mol. The molecule has 1 saturated heterocycles. The minimum atomic E-state index is -4.51. The number of ether oxygens (including phenoxy) is 1. The molecule has 0 N–H and O–H groups in total. The Balaban J connectivity index is 1.29. The van der Waals surface area contributed by atoms with Crippen molar-refractivity contribution >= 4 is 16.9 Å². The number of hydrogen-bond donors (Lipinski definition) is 0. The maximum atomic E-state index is 13.8. The van der Waals surface area contributed by atoms with Crippen LogP contribution in [0.1, 0.15) is 41.3 Å². The number of carbonyl (C=O) groups excluding carboxylic acids is 1. The molecule has 0 unspecified atom stereocenters. The fraction of sp³-hybridized carbons (Fsp3) is 0.480. The lowest BCUT2D eigenvalue weighted by atomic mass is 10.1. The Bertz CT molecular complexity index is 1240. The number of benzene rings is 1. The Morgan fingerprint density at radius 1 is 1.14 bits per heavy atom. The normalized spacial score (nSPS) is 17.2. The Labute approximate surface area is 201 Å². The molecule has 2 fully saturated rings. The van der Waals surface area contributed by atoms with Gasteiger partial charge in [-0.25, -0.2) is 9.67 Å². The first-order chi connectivity index (χ1) is 16.7. The van der Waals surface area contributed by atoms with Gasteiger partial charge in [-0.15, -0.1) is 0 Å². The summed E-state index contributed by atoms with van der Waals surface area (Å²) in [7, 11) is 1.64. The number of carbonyl (C=O) groups is 1. The molecule has 1 saturated carbocycles. The zero-order valence-electron chi connectivity index (χ0n) is 19.8. The van der Waals surface area contributed by atoms with Crippen molar-refractivity contribution in [2.45, 2.75) is 44.9 Å². The highest BCUT2D eigenvalue weighted by atomic mass is 19.4.